The number of rotatable bonds is 4. The highest BCUT2D eigenvalue weighted by Crippen LogP contribution is 2.28. The molecule has 3 rings (SSSR count). The van der Waals surface area contributed by atoms with E-state index in [0.29, 0.717) is 5.88 Å². The first-order chi connectivity index (χ1) is 9.76. The van der Waals surface area contributed by atoms with E-state index in [-0.39, 0.29) is 0 Å². The lowest BCUT2D eigenvalue weighted by molar-refractivity contribution is 0.687. The van der Waals surface area contributed by atoms with Crippen molar-refractivity contribution in [3.05, 3.63) is 57.8 Å². The highest BCUT2D eigenvalue weighted by Gasteiger charge is 2.09. The zero-order valence-corrected chi connectivity index (χ0v) is 13.6. The van der Waals surface area contributed by atoms with Gasteiger partial charge in [-0.25, -0.2) is 4.98 Å². The standard InChI is InChI=1S/C14H11BrClN3S/c15-11-6-17-19(8-11)7-10-3-1-2-4-13(10)14-18-12(5-16)9-20-14/h1-4,6,8-9H,5,7H2. The molecular weight excluding hydrogens is 358 g/mol. The van der Waals surface area contributed by atoms with Gasteiger partial charge in [0.05, 0.1) is 28.8 Å². The van der Waals surface area contributed by atoms with Gasteiger partial charge < -0.3 is 0 Å². The van der Waals surface area contributed by atoms with Gasteiger partial charge in [-0.3, -0.25) is 4.68 Å². The summed E-state index contributed by atoms with van der Waals surface area (Å²) in [6.07, 6.45) is 3.75. The maximum absolute atomic E-state index is 5.82. The minimum atomic E-state index is 0.449. The maximum atomic E-state index is 5.82. The molecule has 2 aromatic heterocycles. The number of alkyl halides is 1. The van der Waals surface area contributed by atoms with E-state index >= 15 is 0 Å². The Morgan fingerprint density at radius 2 is 2.15 bits per heavy atom. The predicted octanol–water partition coefficient (Wildman–Crippen LogP) is 4.56. The average molecular weight is 369 g/mol. The number of halogens is 2. The lowest BCUT2D eigenvalue weighted by Gasteiger charge is -2.07. The molecule has 0 aliphatic heterocycles. The van der Waals surface area contributed by atoms with E-state index in [1.165, 1.54) is 5.56 Å². The lowest BCUT2D eigenvalue weighted by Crippen LogP contribution is -2.01. The quantitative estimate of drug-likeness (QED) is 0.632. The van der Waals surface area contributed by atoms with Crippen LogP contribution in [-0.4, -0.2) is 14.8 Å². The van der Waals surface area contributed by atoms with Gasteiger partial charge in [-0.05, 0) is 21.5 Å². The zero-order valence-electron chi connectivity index (χ0n) is 10.5. The SMILES string of the molecule is ClCc1csc(-c2ccccc2Cn2cc(Br)cn2)n1. The molecule has 0 aliphatic rings. The van der Waals surface area contributed by atoms with E-state index in [4.69, 9.17) is 11.6 Å². The van der Waals surface area contributed by atoms with E-state index in [0.717, 1.165) is 27.3 Å². The van der Waals surface area contributed by atoms with Crippen LogP contribution in [0.4, 0.5) is 0 Å². The molecule has 102 valence electrons. The molecule has 6 heteroatoms. The molecule has 0 atom stereocenters. The molecule has 0 radical (unpaired) electrons. The van der Waals surface area contributed by atoms with Crippen LogP contribution in [-0.2, 0) is 12.4 Å². The second-order valence-electron chi connectivity index (χ2n) is 4.29. The Morgan fingerprint density at radius 1 is 1.30 bits per heavy atom. The predicted molar refractivity (Wildman–Crippen MR) is 86.1 cm³/mol. The van der Waals surface area contributed by atoms with Gasteiger partial charge in [0.15, 0.2) is 0 Å². The molecule has 0 amide bonds. The van der Waals surface area contributed by atoms with Gasteiger partial charge in [-0.2, -0.15) is 5.10 Å². The Morgan fingerprint density at radius 3 is 2.85 bits per heavy atom. The first kappa shape index (κ1) is 13.8. The maximum Gasteiger partial charge on any atom is 0.124 e. The Labute approximate surface area is 134 Å². The average Bonchev–Trinajstić information content (AvgIpc) is 3.08. The van der Waals surface area contributed by atoms with Crippen LogP contribution in [0.25, 0.3) is 10.6 Å². The smallest absolute Gasteiger partial charge is 0.124 e. The molecule has 0 saturated carbocycles. The molecule has 3 aromatic rings. The third-order valence-electron chi connectivity index (χ3n) is 2.87. The molecule has 0 N–H and O–H groups in total. The van der Waals surface area contributed by atoms with Gasteiger partial charge in [0.1, 0.15) is 5.01 Å². The van der Waals surface area contributed by atoms with Crippen molar-refractivity contribution in [3.8, 4) is 10.6 Å². The van der Waals surface area contributed by atoms with Crippen molar-refractivity contribution in [2.75, 3.05) is 0 Å². The van der Waals surface area contributed by atoms with Gasteiger partial charge in [-0.15, -0.1) is 22.9 Å². The van der Waals surface area contributed by atoms with Gasteiger partial charge in [-0.1, -0.05) is 24.3 Å². The highest BCUT2D eigenvalue weighted by molar-refractivity contribution is 9.10. The van der Waals surface area contributed by atoms with E-state index < -0.39 is 0 Å². The first-order valence-corrected chi connectivity index (χ1v) is 8.23. The largest absolute Gasteiger partial charge is 0.267 e. The summed E-state index contributed by atoms with van der Waals surface area (Å²) < 4.78 is 2.88. The van der Waals surface area contributed by atoms with Crippen LogP contribution in [0.15, 0.2) is 46.5 Å². The third kappa shape index (κ3) is 2.95. The van der Waals surface area contributed by atoms with Gasteiger partial charge in [0.25, 0.3) is 0 Å². The number of benzene rings is 1. The van der Waals surface area contributed by atoms with Crippen molar-refractivity contribution in [3.63, 3.8) is 0 Å². The molecule has 0 fully saturated rings. The van der Waals surface area contributed by atoms with Crippen molar-refractivity contribution in [2.24, 2.45) is 0 Å². The zero-order chi connectivity index (χ0) is 13.9. The second-order valence-corrected chi connectivity index (χ2v) is 6.33. The highest BCUT2D eigenvalue weighted by atomic mass is 79.9. The van der Waals surface area contributed by atoms with Crippen LogP contribution < -0.4 is 0 Å². The van der Waals surface area contributed by atoms with Gasteiger partial charge >= 0.3 is 0 Å². The summed E-state index contributed by atoms with van der Waals surface area (Å²) in [6.45, 7) is 0.720. The molecule has 0 saturated heterocycles. The van der Waals surface area contributed by atoms with Crippen LogP contribution >= 0.6 is 38.9 Å². The Kier molecular flexibility index (Phi) is 4.19. The van der Waals surface area contributed by atoms with Crippen LogP contribution in [0, 0.1) is 0 Å². The van der Waals surface area contributed by atoms with Crippen LogP contribution in [0.1, 0.15) is 11.3 Å². The fraction of sp³-hybridized carbons (Fsp3) is 0.143. The van der Waals surface area contributed by atoms with Crippen molar-refractivity contribution in [2.45, 2.75) is 12.4 Å². The summed E-state index contributed by atoms with van der Waals surface area (Å²) in [5.74, 6) is 0.449. The number of hydrogen-bond acceptors (Lipinski definition) is 3. The van der Waals surface area contributed by atoms with Crippen LogP contribution in [0.5, 0.6) is 0 Å². The van der Waals surface area contributed by atoms with Crippen LogP contribution in [0.3, 0.4) is 0 Å². The molecular formula is C14H11BrClN3S. The number of hydrogen-bond donors (Lipinski definition) is 0. The lowest BCUT2D eigenvalue weighted by atomic mass is 10.1. The van der Waals surface area contributed by atoms with Gasteiger partial charge in [0, 0.05) is 17.1 Å². The fourth-order valence-corrected chi connectivity index (χ4v) is 3.39. The Bertz CT molecular complexity index is 723. The van der Waals surface area contributed by atoms with E-state index in [1.807, 2.05) is 28.4 Å². The van der Waals surface area contributed by atoms with E-state index in [1.54, 1.807) is 17.5 Å². The number of nitrogens with zero attached hydrogens (tertiary/aromatic N) is 3. The summed E-state index contributed by atoms with van der Waals surface area (Å²) in [7, 11) is 0. The Hall–Kier alpha value is -1.17. The van der Waals surface area contributed by atoms with Crippen molar-refractivity contribution < 1.29 is 0 Å². The molecule has 0 spiro atoms. The summed E-state index contributed by atoms with van der Waals surface area (Å²) in [6, 6.07) is 8.25. The van der Waals surface area contributed by atoms with Crippen molar-refractivity contribution in [1.82, 2.24) is 14.8 Å². The van der Waals surface area contributed by atoms with E-state index in [2.05, 4.69) is 38.1 Å². The molecule has 20 heavy (non-hydrogen) atoms. The molecule has 0 bridgehead atoms. The monoisotopic (exact) mass is 367 g/mol. The topological polar surface area (TPSA) is 30.7 Å². The molecule has 0 aliphatic carbocycles. The summed E-state index contributed by atoms with van der Waals surface area (Å²) in [4.78, 5) is 4.55. The fourth-order valence-electron chi connectivity index (χ4n) is 1.96. The molecule has 3 nitrogen and oxygen atoms in total. The van der Waals surface area contributed by atoms with E-state index in [9.17, 15) is 0 Å². The number of aromatic nitrogens is 3. The summed E-state index contributed by atoms with van der Waals surface area (Å²) in [5.41, 5.74) is 3.25. The third-order valence-corrected chi connectivity index (χ3v) is 4.48. The summed E-state index contributed by atoms with van der Waals surface area (Å²) >= 11 is 10.9. The minimum absolute atomic E-state index is 0.449. The summed E-state index contributed by atoms with van der Waals surface area (Å²) in [5, 5.41) is 7.30. The van der Waals surface area contributed by atoms with Gasteiger partial charge in [0.2, 0.25) is 0 Å². The molecule has 0 unspecified atom stereocenters. The molecule has 1 aromatic carbocycles. The Balaban J connectivity index is 1.95. The number of thiazole rings is 1. The normalized spacial score (nSPS) is 10.9. The first-order valence-electron chi connectivity index (χ1n) is 6.03. The molecule has 2 heterocycles. The second kappa shape index (κ2) is 6.08. The minimum Gasteiger partial charge on any atom is -0.267 e. The van der Waals surface area contributed by atoms with Crippen LogP contribution in [0.2, 0.25) is 0 Å². The van der Waals surface area contributed by atoms with Crippen molar-refractivity contribution in [1.29, 1.82) is 0 Å². The van der Waals surface area contributed by atoms with Crippen molar-refractivity contribution >= 4 is 38.9 Å².